The number of anilines is 1. The number of nitrogens with zero attached hydrogens (tertiary/aromatic N) is 1. The Hall–Kier alpha value is -2.17. The Morgan fingerprint density at radius 3 is 2.56 bits per heavy atom. The number of pyridine rings is 1. The molecule has 1 atom stereocenters. The summed E-state index contributed by atoms with van der Waals surface area (Å²) in [6.45, 7) is 1.16. The monoisotopic (exact) mass is 375 g/mol. The largest absolute Gasteiger partial charge is 0.593 e. The molecule has 134 valence electrons. The van der Waals surface area contributed by atoms with Crippen molar-refractivity contribution in [1.82, 2.24) is 9.71 Å². The van der Waals surface area contributed by atoms with E-state index in [4.69, 9.17) is 0 Å². The van der Waals surface area contributed by atoms with Crippen LogP contribution in [-0.2, 0) is 17.5 Å². The van der Waals surface area contributed by atoms with E-state index in [-0.39, 0.29) is 21.7 Å². The summed E-state index contributed by atoms with van der Waals surface area (Å²) in [4.78, 5) is 15.5. The van der Waals surface area contributed by atoms with E-state index in [0.29, 0.717) is 6.20 Å². The third-order valence-corrected chi connectivity index (χ3v) is 4.42. The zero-order valence-electron chi connectivity index (χ0n) is 13.1. The highest BCUT2D eigenvalue weighted by Gasteiger charge is 2.34. The summed E-state index contributed by atoms with van der Waals surface area (Å²) in [5.74, 6) is -1.59. The molecule has 0 spiro atoms. The summed E-state index contributed by atoms with van der Waals surface area (Å²) < 4.78 is 66.3. The number of hydrogen-bond donors (Lipinski definition) is 2. The highest BCUT2D eigenvalue weighted by molar-refractivity contribution is 7.89. The van der Waals surface area contributed by atoms with E-state index in [1.807, 2.05) is 0 Å². The number of hydrogen-bond acceptors (Lipinski definition) is 4. The Morgan fingerprint density at radius 1 is 1.28 bits per heavy atom. The lowest BCUT2D eigenvalue weighted by Crippen LogP contribution is -2.21. The van der Waals surface area contributed by atoms with Crippen molar-refractivity contribution >= 4 is 23.0 Å². The smallest absolute Gasteiger partial charge is 0.418 e. The van der Waals surface area contributed by atoms with Gasteiger partial charge in [-0.3, -0.25) is 9.78 Å². The maximum atomic E-state index is 13.6. The summed E-state index contributed by atoms with van der Waals surface area (Å²) >= 11 is -1.83. The van der Waals surface area contributed by atoms with Crippen LogP contribution in [0.15, 0.2) is 35.5 Å². The minimum atomic E-state index is -4.64. The van der Waals surface area contributed by atoms with Gasteiger partial charge in [0.05, 0.1) is 22.5 Å². The quantitative estimate of drug-likeness (QED) is 0.636. The van der Waals surface area contributed by atoms with E-state index in [2.05, 4.69) is 15.0 Å². The number of alkyl halides is 3. The Labute approximate surface area is 143 Å². The lowest BCUT2D eigenvalue weighted by molar-refractivity contribution is -0.138. The number of carbonyl (C=O) groups excluding carboxylic acids is 1. The standard InChI is InChI=1S/C15H13F4N3O2S/c1-8-10(6-21-7-11(8)15(17,18)19)14(23)22-9-3-4-12(16)13(5-9)25(24)20-2/h3-7,20H,1-2H3,(H,22,23). The topological polar surface area (TPSA) is 77.1 Å². The molecule has 2 rings (SSSR count). The number of benzene rings is 1. The molecule has 1 amide bonds. The minimum absolute atomic E-state index is 0.0850. The highest BCUT2D eigenvalue weighted by atomic mass is 32.2. The van der Waals surface area contributed by atoms with Crippen molar-refractivity contribution in [3.8, 4) is 0 Å². The summed E-state index contributed by atoms with van der Waals surface area (Å²) in [5, 5.41) is 2.35. The fraction of sp³-hybridized carbons (Fsp3) is 0.200. The molecule has 25 heavy (non-hydrogen) atoms. The second-order valence-corrected chi connectivity index (χ2v) is 6.32. The predicted molar refractivity (Wildman–Crippen MR) is 83.8 cm³/mol. The van der Waals surface area contributed by atoms with Crippen molar-refractivity contribution < 1.29 is 26.9 Å². The molecule has 1 aromatic heterocycles. The van der Waals surface area contributed by atoms with Crippen LogP contribution in [0.25, 0.3) is 0 Å². The van der Waals surface area contributed by atoms with E-state index >= 15 is 0 Å². The summed E-state index contributed by atoms with van der Waals surface area (Å²) in [6, 6.07) is 3.34. The van der Waals surface area contributed by atoms with Crippen molar-refractivity contribution in [3.05, 3.63) is 53.1 Å². The second-order valence-electron chi connectivity index (χ2n) is 4.93. The normalized spacial score (nSPS) is 12.8. The Morgan fingerprint density at radius 2 is 1.96 bits per heavy atom. The van der Waals surface area contributed by atoms with Crippen LogP contribution in [0.2, 0.25) is 0 Å². The molecule has 0 saturated heterocycles. The Kier molecular flexibility index (Phi) is 5.65. The average Bonchev–Trinajstić information content (AvgIpc) is 2.54. The van der Waals surface area contributed by atoms with Gasteiger partial charge in [0.25, 0.3) is 5.91 Å². The Bertz CT molecular complexity index is 799. The third kappa shape index (κ3) is 4.27. The second kappa shape index (κ2) is 7.38. The van der Waals surface area contributed by atoms with Crippen molar-refractivity contribution in [2.45, 2.75) is 18.0 Å². The van der Waals surface area contributed by atoms with Gasteiger partial charge < -0.3 is 9.87 Å². The molecule has 2 aromatic rings. The van der Waals surface area contributed by atoms with Gasteiger partial charge in [0.15, 0.2) is 5.82 Å². The van der Waals surface area contributed by atoms with Crippen LogP contribution in [0.1, 0.15) is 21.5 Å². The molecular formula is C15H13F4N3O2S. The minimum Gasteiger partial charge on any atom is -0.593 e. The molecule has 0 aliphatic carbocycles. The highest BCUT2D eigenvalue weighted by Crippen LogP contribution is 2.32. The van der Waals surface area contributed by atoms with Crippen molar-refractivity contribution in [2.24, 2.45) is 0 Å². The van der Waals surface area contributed by atoms with E-state index in [9.17, 15) is 26.9 Å². The fourth-order valence-electron chi connectivity index (χ4n) is 2.07. The first kappa shape index (κ1) is 19.2. The number of nitrogens with one attached hydrogen (secondary N) is 2. The van der Waals surface area contributed by atoms with E-state index < -0.39 is 34.8 Å². The SMILES string of the molecule is CN[S+]([O-])c1cc(NC(=O)c2cncc(C(F)(F)F)c2C)ccc1F. The lowest BCUT2D eigenvalue weighted by atomic mass is 10.1. The first-order valence-corrected chi connectivity index (χ1v) is 8.02. The summed E-state index contributed by atoms with van der Waals surface area (Å²) in [5.41, 5.74) is -1.48. The number of halogens is 4. The average molecular weight is 375 g/mol. The maximum Gasteiger partial charge on any atom is 0.418 e. The molecule has 1 aromatic carbocycles. The van der Waals surface area contributed by atoms with Crippen LogP contribution in [0.5, 0.6) is 0 Å². The molecule has 0 saturated carbocycles. The van der Waals surface area contributed by atoms with Crippen LogP contribution >= 0.6 is 0 Å². The van der Waals surface area contributed by atoms with Gasteiger partial charge >= 0.3 is 6.18 Å². The number of aromatic nitrogens is 1. The molecular weight excluding hydrogens is 362 g/mol. The van der Waals surface area contributed by atoms with Crippen molar-refractivity contribution in [2.75, 3.05) is 12.4 Å². The first-order chi connectivity index (χ1) is 11.6. The maximum absolute atomic E-state index is 13.6. The number of rotatable bonds is 4. The molecule has 2 N–H and O–H groups in total. The van der Waals surface area contributed by atoms with Gasteiger partial charge in [0.2, 0.25) is 4.90 Å². The molecule has 0 fully saturated rings. The summed E-state index contributed by atoms with van der Waals surface area (Å²) in [6.07, 6.45) is -2.99. The van der Waals surface area contributed by atoms with Gasteiger partial charge in [0.1, 0.15) is 0 Å². The van der Waals surface area contributed by atoms with Gasteiger partial charge in [-0.25, -0.2) is 4.39 Å². The molecule has 1 heterocycles. The van der Waals surface area contributed by atoms with Crippen LogP contribution in [0, 0.1) is 12.7 Å². The third-order valence-electron chi connectivity index (χ3n) is 3.34. The molecule has 1 unspecified atom stereocenters. The van der Waals surface area contributed by atoms with E-state index in [1.54, 1.807) is 0 Å². The zero-order chi connectivity index (χ0) is 18.8. The van der Waals surface area contributed by atoms with E-state index in [0.717, 1.165) is 25.3 Å². The molecule has 10 heteroatoms. The number of amides is 1. The Balaban J connectivity index is 2.32. The fourth-order valence-corrected chi connectivity index (χ4v) is 2.77. The predicted octanol–water partition coefficient (Wildman–Crippen LogP) is 3.04. The lowest BCUT2D eigenvalue weighted by Gasteiger charge is -2.14. The van der Waals surface area contributed by atoms with Crippen LogP contribution in [0.3, 0.4) is 0 Å². The number of carbonyl (C=O) groups is 1. The summed E-state index contributed by atoms with van der Waals surface area (Å²) in [7, 11) is 1.36. The van der Waals surface area contributed by atoms with Gasteiger partial charge in [0, 0.05) is 31.2 Å². The van der Waals surface area contributed by atoms with Gasteiger partial charge in [-0.1, -0.05) is 0 Å². The molecule has 0 aliphatic heterocycles. The van der Waals surface area contributed by atoms with Crippen LogP contribution in [0.4, 0.5) is 23.2 Å². The van der Waals surface area contributed by atoms with Crippen LogP contribution in [-0.4, -0.2) is 22.5 Å². The first-order valence-electron chi connectivity index (χ1n) is 6.87. The zero-order valence-corrected chi connectivity index (χ0v) is 13.9. The van der Waals surface area contributed by atoms with Crippen molar-refractivity contribution in [1.29, 1.82) is 0 Å². The molecule has 0 aliphatic rings. The molecule has 0 radical (unpaired) electrons. The van der Waals surface area contributed by atoms with Crippen molar-refractivity contribution in [3.63, 3.8) is 0 Å². The van der Waals surface area contributed by atoms with Crippen LogP contribution < -0.4 is 10.0 Å². The van der Waals surface area contributed by atoms with Gasteiger partial charge in [-0.05, 0) is 24.6 Å². The van der Waals surface area contributed by atoms with Gasteiger partial charge in [-0.2, -0.15) is 13.2 Å². The molecule has 0 bridgehead atoms. The van der Waals surface area contributed by atoms with E-state index in [1.165, 1.54) is 13.1 Å². The molecule has 5 nitrogen and oxygen atoms in total. The van der Waals surface area contributed by atoms with Gasteiger partial charge in [-0.15, -0.1) is 4.72 Å².